The Morgan fingerprint density at radius 2 is 1.09 bits per heavy atom. The molecule has 132 valence electrons. The number of rotatable bonds is 6. The minimum atomic E-state index is -4.04. The minimum absolute atomic E-state index is 0.119. The molecule has 2 aliphatic heterocycles. The SMILES string of the molecule is O=C(C[O][Ge]([Cl])([Cl])[O]CC(=O)N1CCCCC1)N1CCCCC1. The molecule has 2 amide bonds. The van der Waals surface area contributed by atoms with Crippen molar-refractivity contribution in [1.82, 2.24) is 9.80 Å². The van der Waals surface area contributed by atoms with Crippen molar-refractivity contribution < 1.29 is 17.1 Å². The first kappa shape index (κ1) is 19.3. The van der Waals surface area contributed by atoms with Gasteiger partial charge in [-0.25, -0.2) is 0 Å². The van der Waals surface area contributed by atoms with E-state index in [4.69, 9.17) is 27.5 Å². The van der Waals surface area contributed by atoms with E-state index in [1.807, 2.05) is 0 Å². The molecule has 0 saturated carbocycles. The summed E-state index contributed by atoms with van der Waals surface area (Å²) in [5.41, 5.74) is 0. The van der Waals surface area contributed by atoms with Crippen molar-refractivity contribution in [3.05, 3.63) is 0 Å². The molecule has 0 spiro atoms. The standard InChI is InChI=1S/C14H24Cl2GeN2O4/c15-17(16,22-11-13(20)18-7-3-1-4-8-18)23-12-14(21)19-9-5-2-6-10-19/h1-12H2. The monoisotopic (exact) mass is 428 g/mol. The molecule has 2 heterocycles. The van der Waals surface area contributed by atoms with Gasteiger partial charge in [0, 0.05) is 0 Å². The maximum atomic E-state index is 12.0. The van der Waals surface area contributed by atoms with Crippen molar-refractivity contribution in [2.45, 2.75) is 38.5 Å². The van der Waals surface area contributed by atoms with E-state index in [2.05, 4.69) is 0 Å². The van der Waals surface area contributed by atoms with Crippen LogP contribution in [-0.2, 0) is 17.1 Å². The molecule has 6 nitrogen and oxygen atoms in total. The average molecular weight is 428 g/mol. The molecule has 2 rings (SSSR count). The Labute approximate surface area is 148 Å². The third kappa shape index (κ3) is 6.78. The fourth-order valence-electron chi connectivity index (χ4n) is 2.80. The molecular weight excluding hydrogens is 404 g/mol. The third-order valence-electron chi connectivity index (χ3n) is 4.14. The molecule has 2 saturated heterocycles. The van der Waals surface area contributed by atoms with Crippen LogP contribution in [-0.4, -0.2) is 73.1 Å². The van der Waals surface area contributed by atoms with Crippen LogP contribution in [0.3, 0.4) is 0 Å². The number of hydrogen-bond donors (Lipinski definition) is 0. The molecule has 0 N–H and O–H groups in total. The summed E-state index contributed by atoms with van der Waals surface area (Å²) in [4.78, 5) is 27.5. The van der Waals surface area contributed by atoms with E-state index in [1.54, 1.807) is 9.80 Å². The summed E-state index contributed by atoms with van der Waals surface area (Å²) in [6, 6.07) is 0. The van der Waals surface area contributed by atoms with E-state index in [0.29, 0.717) is 0 Å². The van der Waals surface area contributed by atoms with Gasteiger partial charge in [0.25, 0.3) is 0 Å². The molecule has 0 aliphatic carbocycles. The second-order valence-electron chi connectivity index (χ2n) is 5.92. The molecule has 0 bridgehead atoms. The van der Waals surface area contributed by atoms with Crippen molar-refractivity contribution in [2.75, 3.05) is 39.4 Å². The molecule has 2 fully saturated rings. The van der Waals surface area contributed by atoms with E-state index >= 15 is 0 Å². The summed E-state index contributed by atoms with van der Waals surface area (Å²) < 4.78 is 10.6. The van der Waals surface area contributed by atoms with Gasteiger partial charge in [-0.15, -0.1) is 0 Å². The van der Waals surface area contributed by atoms with Gasteiger partial charge in [-0.2, -0.15) is 0 Å². The molecule has 2 aliphatic rings. The van der Waals surface area contributed by atoms with Gasteiger partial charge in [0.05, 0.1) is 0 Å². The fourth-order valence-corrected chi connectivity index (χ4v) is 5.33. The zero-order valence-corrected chi connectivity index (χ0v) is 16.9. The molecule has 0 unspecified atom stereocenters. The molecule has 23 heavy (non-hydrogen) atoms. The number of piperidine rings is 2. The van der Waals surface area contributed by atoms with Gasteiger partial charge in [-0.05, 0) is 0 Å². The summed E-state index contributed by atoms with van der Waals surface area (Å²) in [6.45, 7) is 2.65. The number of nitrogens with zero attached hydrogens (tertiary/aromatic N) is 2. The predicted molar refractivity (Wildman–Crippen MR) is 90.2 cm³/mol. The predicted octanol–water partition coefficient (Wildman–Crippen LogP) is 1.96. The Balaban J connectivity index is 1.68. The zero-order chi connectivity index (χ0) is 16.7. The van der Waals surface area contributed by atoms with Crippen LogP contribution in [0, 0.1) is 0 Å². The van der Waals surface area contributed by atoms with Crippen LogP contribution >= 0.6 is 20.0 Å². The fraction of sp³-hybridized carbons (Fsp3) is 0.857. The number of carbonyl (C=O) groups is 2. The van der Waals surface area contributed by atoms with E-state index in [9.17, 15) is 9.59 Å². The molecule has 9 heteroatoms. The Morgan fingerprint density at radius 1 is 0.739 bits per heavy atom. The third-order valence-corrected chi connectivity index (χ3v) is 8.43. The Kier molecular flexibility index (Phi) is 7.94. The molecule has 0 aromatic rings. The van der Waals surface area contributed by atoms with Crippen LogP contribution in [0.25, 0.3) is 0 Å². The molecule has 0 atom stereocenters. The Bertz CT molecular complexity index is 378. The van der Waals surface area contributed by atoms with E-state index in [1.165, 1.54) is 0 Å². The van der Waals surface area contributed by atoms with Crippen molar-refractivity contribution >= 4 is 43.9 Å². The van der Waals surface area contributed by atoms with Gasteiger partial charge >= 0.3 is 149 Å². The van der Waals surface area contributed by atoms with Gasteiger partial charge in [0.15, 0.2) is 0 Å². The number of halogens is 2. The Morgan fingerprint density at radius 3 is 1.43 bits per heavy atom. The van der Waals surface area contributed by atoms with Crippen molar-refractivity contribution in [2.24, 2.45) is 0 Å². The normalized spacial score (nSPS) is 19.7. The second-order valence-corrected chi connectivity index (χ2v) is 15.3. The van der Waals surface area contributed by atoms with Crippen molar-refractivity contribution in [3.63, 3.8) is 0 Å². The number of carbonyl (C=O) groups excluding carboxylic acids is 2. The van der Waals surface area contributed by atoms with Crippen LogP contribution in [0.5, 0.6) is 0 Å². The van der Waals surface area contributed by atoms with E-state index < -0.39 is 12.1 Å². The van der Waals surface area contributed by atoms with Crippen LogP contribution in [0.15, 0.2) is 0 Å². The van der Waals surface area contributed by atoms with Gasteiger partial charge in [0.2, 0.25) is 0 Å². The molecular formula is C14H24Cl2GeN2O4. The first-order valence-electron chi connectivity index (χ1n) is 8.19. The quantitative estimate of drug-likeness (QED) is 0.608. The molecule has 0 aromatic carbocycles. The maximum absolute atomic E-state index is 12.0. The summed E-state index contributed by atoms with van der Waals surface area (Å²) in [5, 5.41) is 0. The summed E-state index contributed by atoms with van der Waals surface area (Å²) in [7, 11) is 12.1. The summed E-state index contributed by atoms with van der Waals surface area (Å²) >= 11 is -4.04. The van der Waals surface area contributed by atoms with Gasteiger partial charge in [-0.3, -0.25) is 0 Å². The van der Waals surface area contributed by atoms with Crippen LogP contribution in [0.2, 0.25) is 0 Å². The number of likely N-dealkylation sites (tertiary alicyclic amines) is 2. The molecule has 0 aromatic heterocycles. The summed E-state index contributed by atoms with van der Waals surface area (Å²) in [5.74, 6) is -0.237. The van der Waals surface area contributed by atoms with Crippen LogP contribution < -0.4 is 0 Å². The van der Waals surface area contributed by atoms with Crippen molar-refractivity contribution in [3.8, 4) is 0 Å². The average Bonchev–Trinajstić information content (AvgIpc) is 2.59. The van der Waals surface area contributed by atoms with Crippen LogP contribution in [0.1, 0.15) is 38.5 Å². The topological polar surface area (TPSA) is 59.1 Å². The first-order valence-corrected chi connectivity index (χ1v) is 15.4. The van der Waals surface area contributed by atoms with Gasteiger partial charge in [-0.1, -0.05) is 0 Å². The van der Waals surface area contributed by atoms with Gasteiger partial charge < -0.3 is 0 Å². The number of hydrogen-bond acceptors (Lipinski definition) is 4. The second kappa shape index (κ2) is 9.46. The number of amides is 2. The van der Waals surface area contributed by atoms with Gasteiger partial charge in [0.1, 0.15) is 0 Å². The van der Waals surface area contributed by atoms with Crippen molar-refractivity contribution in [1.29, 1.82) is 0 Å². The molecule has 0 radical (unpaired) electrons. The summed E-state index contributed by atoms with van der Waals surface area (Å²) in [6.07, 6.45) is 6.36. The van der Waals surface area contributed by atoms with E-state index in [-0.39, 0.29) is 25.0 Å². The van der Waals surface area contributed by atoms with E-state index in [0.717, 1.165) is 64.7 Å². The Hall–Kier alpha value is -0.0171. The van der Waals surface area contributed by atoms with Crippen LogP contribution in [0.4, 0.5) is 0 Å². The first-order chi connectivity index (χ1) is 11.0. The zero-order valence-electron chi connectivity index (χ0n) is 13.3.